The first-order valence-corrected chi connectivity index (χ1v) is 6.36. The molecule has 0 bridgehead atoms. The van der Waals surface area contributed by atoms with Gasteiger partial charge >= 0.3 is 0 Å². The van der Waals surface area contributed by atoms with Crippen LogP contribution in [0.2, 0.25) is 0 Å². The zero-order valence-corrected chi connectivity index (χ0v) is 10.8. The van der Waals surface area contributed by atoms with E-state index in [0.29, 0.717) is 12.5 Å². The number of aryl methyl sites for hydroxylation is 1. The lowest BCUT2D eigenvalue weighted by molar-refractivity contribution is 0.295. The molecule has 3 aromatic rings. The lowest BCUT2D eigenvalue weighted by Gasteiger charge is -2.08. The van der Waals surface area contributed by atoms with Gasteiger partial charge in [0, 0.05) is 11.5 Å². The van der Waals surface area contributed by atoms with Crippen LogP contribution in [-0.2, 0) is 6.61 Å². The van der Waals surface area contributed by atoms with Gasteiger partial charge in [-0.2, -0.15) is 0 Å². The van der Waals surface area contributed by atoms with E-state index in [0.717, 1.165) is 11.1 Å². The van der Waals surface area contributed by atoms with Crippen molar-refractivity contribution >= 4 is 10.9 Å². The van der Waals surface area contributed by atoms with Crippen LogP contribution in [0.3, 0.4) is 0 Å². The van der Waals surface area contributed by atoms with Crippen LogP contribution in [0.5, 0.6) is 5.88 Å². The number of aromatic nitrogens is 1. The summed E-state index contributed by atoms with van der Waals surface area (Å²) in [6.07, 6.45) is 0. The van der Waals surface area contributed by atoms with Gasteiger partial charge in [-0.25, -0.2) is 4.98 Å². The Kier molecular flexibility index (Phi) is 3.15. The molecule has 0 aliphatic heterocycles. The molecule has 0 aliphatic carbocycles. The third-order valence-corrected chi connectivity index (χ3v) is 3.13. The Balaban J connectivity index is 1.85. The van der Waals surface area contributed by atoms with Crippen molar-refractivity contribution in [2.45, 2.75) is 13.5 Å². The zero-order chi connectivity index (χ0) is 13.1. The van der Waals surface area contributed by atoms with Crippen LogP contribution in [0.15, 0.2) is 60.7 Å². The fraction of sp³-hybridized carbons (Fsp3) is 0.118. The molecule has 2 nitrogen and oxygen atoms in total. The van der Waals surface area contributed by atoms with Gasteiger partial charge in [-0.05, 0) is 24.1 Å². The molecule has 0 spiro atoms. The van der Waals surface area contributed by atoms with Gasteiger partial charge in [-0.1, -0.05) is 48.5 Å². The number of hydrogen-bond donors (Lipinski definition) is 0. The van der Waals surface area contributed by atoms with E-state index in [9.17, 15) is 0 Å². The third-order valence-electron chi connectivity index (χ3n) is 3.13. The van der Waals surface area contributed by atoms with Gasteiger partial charge in [0.25, 0.3) is 0 Å². The van der Waals surface area contributed by atoms with Crippen molar-refractivity contribution in [3.63, 3.8) is 0 Å². The molecular weight excluding hydrogens is 234 g/mol. The number of pyridine rings is 1. The van der Waals surface area contributed by atoms with E-state index in [1.165, 1.54) is 10.9 Å². The molecule has 0 fully saturated rings. The maximum absolute atomic E-state index is 5.77. The summed E-state index contributed by atoms with van der Waals surface area (Å²) < 4.78 is 5.77. The summed E-state index contributed by atoms with van der Waals surface area (Å²) in [5.41, 5.74) is 3.31. The van der Waals surface area contributed by atoms with Crippen LogP contribution in [-0.4, -0.2) is 4.98 Å². The number of fused-ring (bicyclic) bond motifs is 1. The first kappa shape index (κ1) is 11.7. The Labute approximate surface area is 112 Å². The van der Waals surface area contributed by atoms with Gasteiger partial charge in [0.2, 0.25) is 5.88 Å². The Morgan fingerprint density at radius 3 is 2.53 bits per heavy atom. The molecule has 0 saturated heterocycles. The molecule has 0 N–H and O–H groups in total. The second kappa shape index (κ2) is 5.11. The molecule has 0 unspecified atom stereocenters. The van der Waals surface area contributed by atoms with E-state index >= 15 is 0 Å². The predicted octanol–water partition coefficient (Wildman–Crippen LogP) is 4.12. The summed E-state index contributed by atoms with van der Waals surface area (Å²) in [5, 5.41) is 1.18. The monoisotopic (exact) mass is 249 g/mol. The van der Waals surface area contributed by atoms with Crippen LogP contribution < -0.4 is 4.74 Å². The maximum atomic E-state index is 5.77. The number of nitrogens with zero attached hydrogens (tertiary/aromatic N) is 1. The number of ether oxygens (including phenoxy) is 1. The van der Waals surface area contributed by atoms with E-state index in [-0.39, 0.29) is 0 Å². The normalized spacial score (nSPS) is 10.6. The molecule has 0 radical (unpaired) electrons. The minimum Gasteiger partial charge on any atom is -0.473 e. The molecule has 0 atom stereocenters. The summed E-state index contributed by atoms with van der Waals surface area (Å²) in [7, 11) is 0. The van der Waals surface area contributed by atoms with Crippen molar-refractivity contribution in [1.82, 2.24) is 4.98 Å². The number of hydrogen-bond acceptors (Lipinski definition) is 2. The van der Waals surface area contributed by atoms with Gasteiger partial charge in [0.15, 0.2) is 0 Å². The number of rotatable bonds is 3. The van der Waals surface area contributed by atoms with E-state index in [4.69, 9.17) is 4.74 Å². The zero-order valence-electron chi connectivity index (χ0n) is 10.8. The molecular formula is C17H15NO. The Hall–Kier alpha value is -2.35. The van der Waals surface area contributed by atoms with Crippen molar-refractivity contribution in [3.05, 3.63) is 71.8 Å². The lowest BCUT2D eigenvalue weighted by Crippen LogP contribution is -1.98. The third kappa shape index (κ3) is 2.58. The second-order valence-electron chi connectivity index (χ2n) is 4.57. The van der Waals surface area contributed by atoms with E-state index in [1.807, 2.05) is 54.6 Å². The van der Waals surface area contributed by atoms with Crippen LogP contribution in [0.1, 0.15) is 11.1 Å². The lowest BCUT2D eigenvalue weighted by atomic mass is 10.1. The van der Waals surface area contributed by atoms with E-state index in [1.54, 1.807) is 0 Å². The van der Waals surface area contributed by atoms with Crippen LogP contribution >= 0.6 is 0 Å². The topological polar surface area (TPSA) is 22.1 Å². The highest BCUT2D eigenvalue weighted by molar-refractivity contribution is 5.82. The molecule has 0 aliphatic rings. The minimum atomic E-state index is 0.547. The minimum absolute atomic E-state index is 0.547. The molecule has 94 valence electrons. The standard InChI is InChI=1S/C17H15NO/c1-13-11-17(18-16-10-6-5-9-15(13)16)19-12-14-7-3-2-4-8-14/h2-11H,12H2,1H3. The van der Waals surface area contributed by atoms with E-state index in [2.05, 4.69) is 18.0 Å². The average molecular weight is 249 g/mol. The van der Waals surface area contributed by atoms with Gasteiger partial charge in [-0.15, -0.1) is 0 Å². The number of para-hydroxylation sites is 1. The highest BCUT2D eigenvalue weighted by atomic mass is 16.5. The molecule has 3 rings (SSSR count). The fourth-order valence-corrected chi connectivity index (χ4v) is 2.12. The average Bonchev–Trinajstić information content (AvgIpc) is 2.46. The Morgan fingerprint density at radius 1 is 0.947 bits per heavy atom. The summed E-state index contributed by atoms with van der Waals surface area (Å²) in [5.74, 6) is 0.681. The van der Waals surface area contributed by atoms with Crippen LogP contribution in [0.25, 0.3) is 10.9 Å². The summed E-state index contributed by atoms with van der Waals surface area (Å²) in [4.78, 5) is 4.53. The van der Waals surface area contributed by atoms with Crippen molar-refractivity contribution in [2.75, 3.05) is 0 Å². The number of benzene rings is 2. The van der Waals surface area contributed by atoms with Crippen molar-refractivity contribution < 1.29 is 4.74 Å². The van der Waals surface area contributed by atoms with E-state index < -0.39 is 0 Å². The molecule has 2 aromatic carbocycles. The van der Waals surface area contributed by atoms with Gasteiger partial charge in [0.05, 0.1) is 5.52 Å². The summed E-state index contributed by atoms with van der Waals surface area (Å²) >= 11 is 0. The van der Waals surface area contributed by atoms with Crippen LogP contribution in [0, 0.1) is 6.92 Å². The summed E-state index contributed by atoms with van der Waals surface area (Å²) in [6.45, 7) is 2.63. The van der Waals surface area contributed by atoms with Gasteiger partial charge in [0.1, 0.15) is 6.61 Å². The largest absolute Gasteiger partial charge is 0.473 e. The SMILES string of the molecule is Cc1cc(OCc2ccccc2)nc2ccccc12. The highest BCUT2D eigenvalue weighted by Gasteiger charge is 2.03. The first-order valence-electron chi connectivity index (χ1n) is 6.36. The van der Waals surface area contributed by atoms with Crippen molar-refractivity contribution in [3.8, 4) is 5.88 Å². The Bertz CT molecular complexity index is 692. The fourth-order valence-electron chi connectivity index (χ4n) is 2.12. The van der Waals surface area contributed by atoms with Gasteiger partial charge < -0.3 is 4.74 Å². The van der Waals surface area contributed by atoms with Crippen LogP contribution in [0.4, 0.5) is 0 Å². The smallest absolute Gasteiger partial charge is 0.214 e. The van der Waals surface area contributed by atoms with Crippen molar-refractivity contribution in [1.29, 1.82) is 0 Å². The molecule has 1 heterocycles. The molecule has 0 saturated carbocycles. The van der Waals surface area contributed by atoms with Crippen molar-refractivity contribution in [2.24, 2.45) is 0 Å². The summed E-state index contributed by atoms with van der Waals surface area (Å²) in [6, 6.07) is 20.2. The molecule has 0 amide bonds. The second-order valence-corrected chi connectivity index (χ2v) is 4.57. The Morgan fingerprint density at radius 2 is 1.68 bits per heavy atom. The first-order chi connectivity index (χ1) is 9.33. The predicted molar refractivity (Wildman–Crippen MR) is 77.3 cm³/mol. The molecule has 1 aromatic heterocycles. The quantitative estimate of drug-likeness (QED) is 0.696. The van der Waals surface area contributed by atoms with Gasteiger partial charge in [-0.3, -0.25) is 0 Å². The molecule has 2 heteroatoms. The highest BCUT2D eigenvalue weighted by Crippen LogP contribution is 2.21. The molecule has 19 heavy (non-hydrogen) atoms. The maximum Gasteiger partial charge on any atom is 0.214 e.